The predicted molar refractivity (Wildman–Crippen MR) is 61.2 cm³/mol. The van der Waals surface area contributed by atoms with Crippen LogP contribution in [0.5, 0.6) is 0 Å². The van der Waals surface area contributed by atoms with E-state index in [1.165, 1.54) is 0 Å². The van der Waals surface area contributed by atoms with E-state index >= 15 is 0 Å². The number of unbranched alkanes of at least 4 members (excludes halogenated alkanes) is 2. The van der Waals surface area contributed by atoms with Gasteiger partial charge in [-0.15, -0.1) is 0 Å². The summed E-state index contributed by atoms with van der Waals surface area (Å²) in [5, 5.41) is 3.34. The van der Waals surface area contributed by atoms with Gasteiger partial charge in [-0.1, -0.05) is 0 Å². The largest absolute Gasteiger partial charge is 0.318 e. The molecule has 0 aliphatic rings. The first-order valence-electron chi connectivity index (χ1n) is 4.65. The number of nitrogens with one attached hydrogen (secondary N) is 1. The molecule has 0 radical (unpaired) electrons. The maximum absolute atomic E-state index is 4.64. The lowest BCUT2D eigenvalue weighted by atomic mass is 10.3. The van der Waals surface area contributed by atoms with Crippen LogP contribution < -0.4 is 5.32 Å². The maximum atomic E-state index is 4.64. The van der Waals surface area contributed by atoms with E-state index in [9.17, 15) is 0 Å². The van der Waals surface area contributed by atoms with Gasteiger partial charge in [0.05, 0.1) is 13.2 Å². The second-order valence-electron chi connectivity index (χ2n) is 2.83. The van der Waals surface area contributed by atoms with Gasteiger partial charge in [0.1, 0.15) is 0 Å². The van der Waals surface area contributed by atoms with Gasteiger partial charge in [-0.05, 0) is 64.6 Å². The molecule has 3 nitrogen and oxygen atoms in total. The lowest BCUT2D eigenvalue weighted by Crippen LogP contribution is -2.17. The summed E-state index contributed by atoms with van der Waals surface area (Å²) in [5.41, 5.74) is 0. The lowest BCUT2D eigenvalue weighted by Gasteiger charge is -2.03. The molecule has 0 aromatic heterocycles. The smallest absolute Gasteiger partial charge is 0.0611 e. The molecule has 0 fully saturated rings. The quantitative estimate of drug-likeness (QED) is 0.301. The van der Waals surface area contributed by atoms with Crippen molar-refractivity contribution in [1.29, 1.82) is 0 Å². The van der Waals surface area contributed by atoms with Gasteiger partial charge < -0.3 is 13.7 Å². The van der Waals surface area contributed by atoms with Crippen molar-refractivity contribution < 1.29 is 8.37 Å². The zero-order valence-electron chi connectivity index (χ0n) is 7.87. The Morgan fingerprint density at radius 2 is 1.23 bits per heavy atom. The number of hydrogen-bond donors (Lipinski definition) is 3. The van der Waals surface area contributed by atoms with E-state index in [1.807, 2.05) is 0 Å². The topological polar surface area (TPSA) is 30.5 Å². The van der Waals surface area contributed by atoms with Crippen molar-refractivity contribution in [1.82, 2.24) is 5.32 Å². The summed E-state index contributed by atoms with van der Waals surface area (Å²) in [6, 6.07) is 0. The Morgan fingerprint density at radius 3 is 1.62 bits per heavy atom. The van der Waals surface area contributed by atoms with Crippen LogP contribution in [-0.4, -0.2) is 26.3 Å². The van der Waals surface area contributed by atoms with E-state index < -0.39 is 0 Å². The van der Waals surface area contributed by atoms with Gasteiger partial charge in [0.15, 0.2) is 0 Å². The minimum atomic E-state index is 0.734. The highest BCUT2D eigenvalue weighted by Crippen LogP contribution is 1.92. The third-order valence-electron chi connectivity index (χ3n) is 1.68. The van der Waals surface area contributed by atoms with E-state index in [0.29, 0.717) is 0 Å². The molecule has 0 aromatic carbocycles. The average molecular weight is 225 g/mol. The van der Waals surface area contributed by atoms with Crippen LogP contribution in [0.2, 0.25) is 0 Å². The maximum Gasteiger partial charge on any atom is 0.0611 e. The van der Waals surface area contributed by atoms with Crippen LogP contribution in [0.15, 0.2) is 0 Å². The SMILES string of the molecule is SOCCCCNCCCCOS. The molecule has 0 heterocycles. The number of rotatable bonds is 10. The molecule has 5 heteroatoms. The Labute approximate surface area is 91.8 Å². The molecular weight excluding hydrogens is 206 g/mol. The average Bonchev–Trinajstić information content (AvgIpc) is 2.16. The Kier molecular flexibility index (Phi) is 13.1. The van der Waals surface area contributed by atoms with Crippen molar-refractivity contribution in [2.45, 2.75) is 25.7 Å². The van der Waals surface area contributed by atoms with Crippen molar-refractivity contribution in [2.75, 3.05) is 26.3 Å². The molecule has 0 aromatic rings. The first kappa shape index (κ1) is 13.6. The van der Waals surface area contributed by atoms with Crippen molar-refractivity contribution in [2.24, 2.45) is 0 Å². The number of hydrogen-bond acceptors (Lipinski definition) is 5. The van der Waals surface area contributed by atoms with E-state index in [2.05, 4.69) is 39.5 Å². The predicted octanol–water partition coefficient (Wildman–Crippen LogP) is 1.86. The first-order valence-corrected chi connectivity index (χ1v) is 5.38. The molecule has 0 atom stereocenters. The minimum absolute atomic E-state index is 0.734. The molecule has 0 rings (SSSR count). The highest BCUT2D eigenvalue weighted by molar-refractivity contribution is 7.75. The summed E-state index contributed by atoms with van der Waals surface area (Å²) in [7, 11) is 0. The molecule has 0 spiro atoms. The van der Waals surface area contributed by atoms with Crippen LogP contribution in [0.1, 0.15) is 25.7 Å². The first-order chi connectivity index (χ1) is 6.41. The zero-order valence-corrected chi connectivity index (χ0v) is 9.66. The Hall–Kier alpha value is 0.580. The second kappa shape index (κ2) is 12.6. The normalized spacial score (nSPS) is 10.6. The fourth-order valence-corrected chi connectivity index (χ4v) is 1.22. The fourth-order valence-electron chi connectivity index (χ4n) is 0.958. The van der Waals surface area contributed by atoms with Crippen LogP contribution >= 0.6 is 25.8 Å². The summed E-state index contributed by atoms with van der Waals surface area (Å²) in [5.74, 6) is 0. The minimum Gasteiger partial charge on any atom is -0.318 e. The van der Waals surface area contributed by atoms with E-state index in [0.717, 1.165) is 52.0 Å². The fraction of sp³-hybridized carbons (Fsp3) is 1.00. The standard InChI is InChI=1S/C8H19NO2S2/c12-10-7-3-1-5-9-6-2-4-8-11-13/h9,12-13H,1-8H2. The summed E-state index contributed by atoms with van der Waals surface area (Å²) in [4.78, 5) is 0. The van der Waals surface area contributed by atoms with Crippen molar-refractivity contribution in [3.8, 4) is 0 Å². The molecule has 0 amide bonds. The Bertz CT molecular complexity index is 86.2. The Balaban J connectivity index is 2.76. The molecular formula is C8H19NO2S2. The van der Waals surface area contributed by atoms with Gasteiger partial charge in [0, 0.05) is 0 Å². The van der Waals surface area contributed by atoms with Crippen LogP contribution in [0.25, 0.3) is 0 Å². The highest BCUT2D eigenvalue weighted by Gasteiger charge is 1.89. The van der Waals surface area contributed by atoms with Crippen molar-refractivity contribution >= 4 is 25.8 Å². The third kappa shape index (κ3) is 12.6. The monoisotopic (exact) mass is 225 g/mol. The summed E-state index contributed by atoms with van der Waals surface area (Å²) >= 11 is 7.32. The van der Waals surface area contributed by atoms with E-state index in [-0.39, 0.29) is 0 Å². The van der Waals surface area contributed by atoms with Gasteiger partial charge in [0.25, 0.3) is 0 Å². The Morgan fingerprint density at radius 1 is 0.769 bits per heavy atom. The van der Waals surface area contributed by atoms with Crippen LogP contribution in [0.4, 0.5) is 0 Å². The molecule has 0 aliphatic heterocycles. The van der Waals surface area contributed by atoms with E-state index in [1.54, 1.807) is 0 Å². The van der Waals surface area contributed by atoms with Crippen molar-refractivity contribution in [3.63, 3.8) is 0 Å². The van der Waals surface area contributed by atoms with Gasteiger partial charge >= 0.3 is 0 Å². The third-order valence-corrected chi connectivity index (χ3v) is 2.04. The molecule has 0 bridgehead atoms. The second-order valence-corrected chi connectivity index (χ2v) is 3.35. The van der Waals surface area contributed by atoms with Gasteiger partial charge in [-0.2, -0.15) is 0 Å². The molecule has 0 saturated heterocycles. The van der Waals surface area contributed by atoms with Crippen molar-refractivity contribution in [3.05, 3.63) is 0 Å². The molecule has 80 valence electrons. The van der Waals surface area contributed by atoms with E-state index in [4.69, 9.17) is 0 Å². The van der Waals surface area contributed by atoms with Crippen LogP contribution in [0.3, 0.4) is 0 Å². The van der Waals surface area contributed by atoms with Crippen LogP contribution in [-0.2, 0) is 8.37 Å². The van der Waals surface area contributed by atoms with Crippen LogP contribution in [0, 0.1) is 0 Å². The highest BCUT2D eigenvalue weighted by atomic mass is 32.1. The van der Waals surface area contributed by atoms with Gasteiger partial charge in [-0.25, -0.2) is 0 Å². The van der Waals surface area contributed by atoms with Gasteiger partial charge in [0.2, 0.25) is 0 Å². The molecule has 0 aliphatic carbocycles. The van der Waals surface area contributed by atoms with Gasteiger partial charge in [-0.3, -0.25) is 0 Å². The molecule has 0 unspecified atom stereocenters. The lowest BCUT2D eigenvalue weighted by molar-refractivity contribution is 0.357. The molecule has 13 heavy (non-hydrogen) atoms. The molecule has 1 N–H and O–H groups in total. The molecule has 0 saturated carbocycles. The summed E-state index contributed by atoms with van der Waals surface area (Å²) in [6.45, 7) is 3.58. The zero-order chi connectivity index (χ0) is 9.78. The summed E-state index contributed by atoms with van der Waals surface area (Å²) < 4.78 is 9.29. The summed E-state index contributed by atoms with van der Waals surface area (Å²) in [6.07, 6.45) is 4.42. The number of thiol groups is 2.